The molecule has 0 saturated carbocycles. The Hall–Kier alpha value is -4.79. The summed E-state index contributed by atoms with van der Waals surface area (Å²) >= 11 is 2.52. The number of hydrogen-bond acceptors (Lipinski definition) is 7. The largest absolute Gasteiger partial charge is 0.743 e. The Bertz CT molecular complexity index is 2290. The van der Waals surface area contributed by atoms with Gasteiger partial charge in [0.25, 0.3) is 10.6 Å². The molecule has 1 aliphatic heterocycles. The van der Waals surface area contributed by atoms with Crippen LogP contribution in [0.4, 0.5) is 5.69 Å². The lowest BCUT2D eigenvalue weighted by atomic mass is 9.99. The number of anilines is 1. The van der Waals surface area contributed by atoms with Gasteiger partial charge in [0.05, 0.1) is 10.6 Å². The average Bonchev–Trinajstić information content (AvgIpc) is 3.55. The van der Waals surface area contributed by atoms with Gasteiger partial charge in [-0.2, -0.15) is 4.57 Å². The highest BCUT2D eigenvalue weighted by Crippen LogP contribution is 2.36. The van der Waals surface area contributed by atoms with Gasteiger partial charge in [0, 0.05) is 35.6 Å². The maximum Gasteiger partial charge on any atom is 0.280 e. The highest BCUT2D eigenvalue weighted by molar-refractivity contribution is 7.84. The van der Waals surface area contributed by atoms with Crippen molar-refractivity contribution in [1.29, 1.82) is 0 Å². The van der Waals surface area contributed by atoms with Crippen molar-refractivity contribution in [3.8, 4) is 34.2 Å². The van der Waals surface area contributed by atoms with Crippen molar-refractivity contribution in [2.24, 2.45) is 0 Å². The van der Waals surface area contributed by atoms with Crippen LogP contribution in [0.2, 0.25) is 0 Å². The van der Waals surface area contributed by atoms with Crippen LogP contribution in [0.5, 0.6) is 0 Å². The van der Waals surface area contributed by atoms with Gasteiger partial charge in [-0.1, -0.05) is 90.6 Å². The first kappa shape index (κ1) is 30.2. The van der Waals surface area contributed by atoms with Crippen molar-refractivity contribution in [2.45, 2.75) is 12.8 Å². The minimum Gasteiger partial charge on any atom is -0.743 e. The molecule has 2 aromatic heterocycles. The quantitative estimate of drug-likeness (QED) is 0.146. The third-order valence-electron chi connectivity index (χ3n) is 7.27. The SMILES string of the molecule is C#Cn1c(=Cc2sc(-c3ccccc3)c(-c3ccccc3)[n+]2CS(=O)(=O)[O-])sc(=C/C=C2\C=CN(CC)c3ccccc32)c1=O. The molecule has 3 heterocycles. The molecule has 5 aromatic rings. The average molecular weight is 650 g/mol. The maximum absolute atomic E-state index is 13.4. The second-order valence-corrected chi connectivity index (χ2v) is 13.6. The first-order valence-corrected chi connectivity index (χ1v) is 17.3. The zero-order valence-electron chi connectivity index (χ0n) is 24.2. The Balaban J connectivity index is 1.56. The van der Waals surface area contributed by atoms with E-state index >= 15 is 0 Å². The van der Waals surface area contributed by atoms with Crippen LogP contribution in [0, 0.1) is 12.5 Å². The molecule has 6 rings (SSSR count). The minimum atomic E-state index is -4.69. The standard InChI is InChI=1S/C35H27N3O4S3/c1-3-36-22-21-25(28-17-11-12-18-29(28)36)19-20-30-35(39)37(4-2)31(43-30)23-32-38(24-45(40,41)42)33(26-13-7-5-8-14-26)34(44-32)27-15-9-6-10-16-27/h2,5-23H,3,24H2,1H3/b25-19+,30-20?. The number of para-hydroxylation sites is 1. The van der Waals surface area contributed by atoms with E-state index in [-0.39, 0.29) is 5.56 Å². The second-order valence-electron chi connectivity index (χ2n) is 10.1. The van der Waals surface area contributed by atoms with Gasteiger partial charge in [0.15, 0.2) is 10.1 Å². The fraction of sp³-hybridized carbons (Fsp3) is 0.0857. The van der Waals surface area contributed by atoms with E-state index in [2.05, 4.69) is 23.9 Å². The van der Waals surface area contributed by atoms with Crippen molar-refractivity contribution in [2.75, 3.05) is 11.4 Å². The molecule has 7 nitrogen and oxygen atoms in total. The van der Waals surface area contributed by atoms with Crippen LogP contribution < -0.4 is 24.2 Å². The fourth-order valence-corrected chi connectivity index (χ4v) is 8.14. The van der Waals surface area contributed by atoms with Crippen molar-refractivity contribution >= 4 is 56.2 Å². The summed E-state index contributed by atoms with van der Waals surface area (Å²) in [6.45, 7) is 2.92. The number of rotatable bonds is 7. The molecule has 224 valence electrons. The van der Waals surface area contributed by atoms with Crippen LogP contribution in [0.25, 0.3) is 39.4 Å². The van der Waals surface area contributed by atoms with Gasteiger partial charge in [0.1, 0.15) is 9.54 Å². The first-order chi connectivity index (χ1) is 21.8. The summed E-state index contributed by atoms with van der Waals surface area (Å²) in [6.07, 6.45) is 15.2. The van der Waals surface area contributed by atoms with Crippen LogP contribution in [-0.4, -0.2) is 24.1 Å². The van der Waals surface area contributed by atoms with Gasteiger partial charge in [-0.05, 0) is 48.4 Å². The number of nitrogens with zero attached hydrogens (tertiary/aromatic N) is 3. The normalized spacial score (nSPS) is 14.6. The molecule has 3 aromatic carbocycles. The fourth-order valence-electron chi connectivity index (χ4n) is 5.24. The van der Waals surface area contributed by atoms with Gasteiger partial charge >= 0.3 is 0 Å². The maximum atomic E-state index is 13.4. The summed E-state index contributed by atoms with van der Waals surface area (Å²) in [5, 5.41) is 0.464. The lowest BCUT2D eigenvalue weighted by Gasteiger charge is -2.26. The molecule has 10 heteroatoms. The van der Waals surface area contributed by atoms with E-state index in [4.69, 9.17) is 6.42 Å². The van der Waals surface area contributed by atoms with Crippen molar-refractivity contribution in [3.05, 3.63) is 133 Å². The molecule has 0 fully saturated rings. The Morgan fingerprint density at radius 2 is 1.60 bits per heavy atom. The van der Waals surface area contributed by atoms with E-state index in [1.165, 1.54) is 31.8 Å². The third kappa shape index (κ3) is 6.25. The highest BCUT2D eigenvalue weighted by Gasteiger charge is 2.29. The zero-order valence-corrected chi connectivity index (χ0v) is 26.6. The third-order valence-corrected chi connectivity index (χ3v) is 10.1. The summed E-state index contributed by atoms with van der Waals surface area (Å²) in [4.78, 5) is 16.4. The molecule has 0 amide bonds. The Morgan fingerprint density at radius 1 is 0.933 bits per heavy atom. The van der Waals surface area contributed by atoms with Gasteiger partial charge in [-0.15, -0.1) is 11.3 Å². The number of terminal acetylenes is 1. The second kappa shape index (κ2) is 12.7. The van der Waals surface area contributed by atoms with Crippen LogP contribution in [0.3, 0.4) is 0 Å². The molecular formula is C35H27N3O4S3. The van der Waals surface area contributed by atoms with Crippen molar-refractivity contribution in [3.63, 3.8) is 0 Å². The molecular weight excluding hydrogens is 623 g/mol. The molecule has 1 aliphatic rings. The van der Waals surface area contributed by atoms with Crippen LogP contribution in [0.1, 0.15) is 17.5 Å². The zero-order chi connectivity index (χ0) is 31.6. The van der Waals surface area contributed by atoms with Crippen LogP contribution >= 0.6 is 22.7 Å². The summed E-state index contributed by atoms with van der Waals surface area (Å²) in [7, 11) is -4.69. The molecule has 45 heavy (non-hydrogen) atoms. The number of aromatic nitrogens is 2. The lowest BCUT2D eigenvalue weighted by molar-refractivity contribution is -0.663. The number of benzene rings is 3. The van der Waals surface area contributed by atoms with Crippen molar-refractivity contribution in [1.82, 2.24) is 4.57 Å². The molecule has 0 unspecified atom stereocenters. The highest BCUT2D eigenvalue weighted by atomic mass is 32.2. The first-order valence-electron chi connectivity index (χ1n) is 14.0. The molecule has 0 atom stereocenters. The van der Waals surface area contributed by atoms with E-state index in [9.17, 15) is 17.8 Å². The molecule has 0 N–H and O–H groups in total. The predicted molar refractivity (Wildman–Crippen MR) is 182 cm³/mol. The molecule has 0 bridgehead atoms. The number of allylic oxidation sites excluding steroid dienone is 3. The van der Waals surface area contributed by atoms with Crippen LogP contribution in [0.15, 0.2) is 108 Å². The van der Waals surface area contributed by atoms with Gasteiger partial charge in [-0.25, -0.2) is 13.0 Å². The Labute approximate surface area is 269 Å². The Kier molecular flexibility index (Phi) is 8.52. The van der Waals surface area contributed by atoms with Gasteiger partial charge < -0.3 is 9.45 Å². The van der Waals surface area contributed by atoms with E-state index in [0.29, 0.717) is 19.9 Å². The summed E-state index contributed by atoms with van der Waals surface area (Å²) in [5.74, 6) is -0.788. The summed E-state index contributed by atoms with van der Waals surface area (Å²) < 4.78 is 40.1. The van der Waals surface area contributed by atoms with Gasteiger partial charge in [0.2, 0.25) is 11.6 Å². The lowest BCUT2D eigenvalue weighted by Crippen LogP contribution is -2.41. The summed E-state index contributed by atoms with van der Waals surface area (Å²) in [5.41, 5.74) is 4.93. The van der Waals surface area contributed by atoms with E-state index in [0.717, 1.165) is 39.4 Å². The number of hydrogen-bond donors (Lipinski definition) is 0. The Morgan fingerprint density at radius 3 is 2.27 bits per heavy atom. The van der Waals surface area contributed by atoms with Crippen molar-refractivity contribution < 1.29 is 17.5 Å². The smallest absolute Gasteiger partial charge is 0.280 e. The number of thiazole rings is 2. The topological polar surface area (TPSA) is 86.3 Å². The molecule has 0 radical (unpaired) electrons. The van der Waals surface area contributed by atoms with E-state index in [1.807, 2.05) is 97.2 Å². The minimum absolute atomic E-state index is 0.361. The monoisotopic (exact) mass is 649 g/mol. The molecule has 0 saturated heterocycles. The molecule has 0 spiro atoms. The molecule has 0 aliphatic carbocycles. The van der Waals surface area contributed by atoms with Crippen LogP contribution in [-0.2, 0) is 16.0 Å². The number of fused-ring (bicyclic) bond motifs is 1. The summed E-state index contributed by atoms with van der Waals surface area (Å²) in [6, 6.07) is 29.4. The van der Waals surface area contributed by atoms with E-state index in [1.54, 1.807) is 12.2 Å². The van der Waals surface area contributed by atoms with Gasteiger partial charge in [-0.3, -0.25) is 4.79 Å². The predicted octanol–water partition coefficient (Wildman–Crippen LogP) is 4.58. The van der Waals surface area contributed by atoms with E-state index < -0.39 is 16.0 Å².